The normalized spacial score (nSPS) is 17.2. The second-order valence-corrected chi connectivity index (χ2v) is 5.92. The third kappa shape index (κ3) is 3.42. The number of hydrogen-bond donors (Lipinski definition) is 2. The molecular formula is C16H22N4O. The summed E-state index contributed by atoms with van der Waals surface area (Å²) in [6, 6.07) is 5.68. The van der Waals surface area contributed by atoms with Crippen LogP contribution in [0.25, 0.3) is 11.0 Å². The second kappa shape index (κ2) is 6.26. The van der Waals surface area contributed by atoms with Crippen LogP contribution in [-0.2, 0) is 0 Å². The van der Waals surface area contributed by atoms with Gasteiger partial charge in [-0.05, 0) is 63.5 Å². The molecule has 0 spiro atoms. The summed E-state index contributed by atoms with van der Waals surface area (Å²) in [4.78, 5) is 21.8. The molecule has 21 heavy (non-hydrogen) atoms. The lowest BCUT2D eigenvalue weighted by Gasteiger charge is -2.28. The molecule has 0 aliphatic carbocycles. The van der Waals surface area contributed by atoms with Crippen LogP contribution in [0.2, 0.25) is 0 Å². The van der Waals surface area contributed by atoms with Crippen molar-refractivity contribution in [1.29, 1.82) is 0 Å². The molecule has 3 rings (SSSR count). The standard InChI is InChI=1S/C16H22N4O/c1-20-9-5-12(6-10-20)4-8-18-16(21)14-11-13-3-2-7-17-15(13)19-14/h2-3,7,11-12H,4-6,8-10H2,1H3,(H,17,19)(H,18,21). The Morgan fingerprint density at radius 3 is 3.05 bits per heavy atom. The van der Waals surface area contributed by atoms with Crippen molar-refractivity contribution in [2.45, 2.75) is 19.3 Å². The van der Waals surface area contributed by atoms with Crippen molar-refractivity contribution in [2.24, 2.45) is 5.92 Å². The van der Waals surface area contributed by atoms with Gasteiger partial charge in [0.1, 0.15) is 11.3 Å². The first-order valence-corrected chi connectivity index (χ1v) is 7.63. The second-order valence-electron chi connectivity index (χ2n) is 5.92. The number of piperidine rings is 1. The van der Waals surface area contributed by atoms with E-state index in [1.54, 1.807) is 6.20 Å². The van der Waals surface area contributed by atoms with E-state index in [1.807, 2.05) is 18.2 Å². The van der Waals surface area contributed by atoms with Crippen molar-refractivity contribution in [3.05, 3.63) is 30.1 Å². The van der Waals surface area contributed by atoms with Gasteiger partial charge < -0.3 is 15.2 Å². The number of rotatable bonds is 4. The summed E-state index contributed by atoms with van der Waals surface area (Å²) in [6.45, 7) is 3.09. The van der Waals surface area contributed by atoms with Crippen molar-refractivity contribution in [3.8, 4) is 0 Å². The zero-order valence-corrected chi connectivity index (χ0v) is 12.4. The lowest BCUT2D eigenvalue weighted by Crippen LogP contribution is -2.32. The van der Waals surface area contributed by atoms with E-state index in [9.17, 15) is 4.79 Å². The van der Waals surface area contributed by atoms with Crippen molar-refractivity contribution in [1.82, 2.24) is 20.2 Å². The van der Waals surface area contributed by atoms with Gasteiger partial charge in [0.15, 0.2) is 0 Å². The lowest BCUT2D eigenvalue weighted by molar-refractivity contribution is 0.0944. The van der Waals surface area contributed by atoms with Gasteiger partial charge in [-0.2, -0.15) is 0 Å². The number of H-pyrrole nitrogens is 1. The van der Waals surface area contributed by atoms with Crippen molar-refractivity contribution in [3.63, 3.8) is 0 Å². The number of fused-ring (bicyclic) bond motifs is 1. The molecule has 1 aliphatic rings. The molecule has 2 aromatic rings. The van der Waals surface area contributed by atoms with Crippen LogP contribution in [0.3, 0.4) is 0 Å². The van der Waals surface area contributed by atoms with Crippen LogP contribution >= 0.6 is 0 Å². The maximum Gasteiger partial charge on any atom is 0.267 e. The minimum Gasteiger partial charge on any atom is -0.351 e. The van der Waals surface area contributed by atoms with E-state index in [2.05, 4.69) is 27.2 Å². The highest BCUT2D eigenvalue weighted by Gasteiger charge is 2.17. The van der Waals surface area contributed by atoms with Crippen molar-refractivity contribution in [2.75, 3.05) is 26.7 Å². The Morgan fingerprint density at radius 1 is 1.48 bits per heavy atom. The molecule has 0 atom stereocenters. The average Bonchev–Trinajstić information content (AvgIpc) is 2.93. The van der Waals surface area contributed by atoms with Crippen LogP contribution in [0.5, 0.6) is 0 Å². The largest absolute Gasteiger partial charge is 0.351 e. The molecule has 112 valence electrons. The maximum atomic E-state index is 12.1. The summed E-state index contributed by atoms with van der Waals surface area (Å²) in [7, 11) is 2.17. The molecule has 5 nitrogen and oxygen atoms in total. The van der Waals surface area contributed by atoms with E-state index in [0.717, 1.165) is 29.9 Å². The fraction of sp³-hybridized carbons (Fsp3) is 0.500. The predicted octanol–water partition coefficient (Wildman–Crippen LogP) is 2.02. The number of carbonyl (C=O) groups is 1. The number of pyridine rings is 1. The Hall–Kier alpha value is -1.88. The van der Waals surface area contributed by atoms with E-state index in [-0.39, 0.29) is 5.91 Å². The first-order valence-electron chi connectivity index (χ1n) is 7.63. The fourth-order valence-electron chi connectivity index (χ4n) is 2.92. The zero-order valence-electron chi connectivity index (χ0n) is 12.4. The molecule has 0 unspecified atom stereocenters. The fourth-order valence-corrected chi connectivity index (χ4v) is 2.92. The number of amides is 1. The van der Waals surface area contributed by atoms with Gasteiger partial charge in [0.25, 0.3) is 5.91 Å². The molecule has 0 saturated carbocycles. The van der Waals surface area contributed by atoms with Crippen molar-refractivity contribution < 1.29 is 4.79 Å². The summed E-state index contributed by atoms with van der Waals surface area (Å²) < 4.78 is 0. The summed E-state index contributed by atoms with van der Waals surface area (Å²) >= 11 is 0. The van der Waals surface area contributed by atoms with Gasteiger partial charge in [0.05, 0.1) is 0 Å². The summed E-state index contributed by atoms with van der Waals surface area (Å²) in [5.41, 5.74) is 1.35. The van der Waals surface area contributed by atoms with Crippen LogP contribution in [0.4, 0.5) is 0 Å². The van der Waals surface area contributed by atoms with Gasteiger partial charge in [-0.3, -0.25) is 4.79 Å². The molecule has 0 radical (unpaired) electrons. The predicted molar refractivity (Wildman–Crippen MR) is 83.3 cm³/mol. The Labute approximate surface area is 124 Å². The first-order chi connectivity index (χ1) is 10.2. The number of aromatic nitrogens is 2. The number of nitrogens with zero attached hydrogens (tertiary/aromatic N) is 2. The maximum absolute atomic E-state index is 12.1. The van der Waals surface area contributed by atoms with Gasteiger partial charge in [-0.1, -0.05) is 0 Å². The van der Waals surface area contributed by atoms with E-state index in [0.29, 0.717) is 5.69 Å². The molecule has 1 fully saturated rings. The Balaban J connectivity index is 1.50. The van der Waals surface area contributed by atoms with E-state index >= 15 is 0 Å². The van der Waals surface area contributed by atoms with E-state index < -0.39 is 0 Å². The highest BCUT2D eigenvalue weighted by atomic mass is 16.1. The number of carbonyl (C=O) groups excluding carboxylic acids is 1. The minimum absolute atomic E-state index is 0.0408. The Kier molecular flexibility index (Phi) is 4.20. The molecule has 3 heterocycles. The number of hydrogen-bond acceptors (Lipinski definition) is 3. The molecular weight excluding hydrogens is 264 g/mol. The van der Waals surface area contributed by atoms with Crippen LogP contribution in [0.15, 0.2) is 24.4 Å². The summed E-state index contributed by atoms with van der Waals surface area (Å²) in [6.07, 6.45) is 5.27. The third-order valence-electron chi connectivity index (χ3n) is 4.31. The number of likely N-dealkylation sites (tertiary alicyclic amines) is 1. The van der Waals surface area contributed by atoms with Gasteiger partial charge >= 0.3 is 0 Å². The first kappa shape index (κ1) is 14.1. The van der Waals surface area contributed by atoms with Crippen LogP contribution < -0.4 is 5.32 Å². The van der Waals surface area contributed by atoms with E-state index in [4.69, 9.17) is 0 Å². The number of nitrogens with one attached hydrogen (secondary N) is 2. The molecule has 2 N–H and O–H groups in total. The Morgan fingerprint density at radius 2 is 2.29 bits per heavy atom. The SMILES string of the molecule is CN1CCC(CCNC(=O)c2cc3cccnc3[nH]2)CC1. The molecule has 0 bridgehead atoms. The molecule has 0 aromatic carbocycles. The van der Waals surface area contributed by atoms with Crippen LogP contribution in [0.1, 0.15) is 29.8 Å². The summed E-state index contributed by atoms with van der Waals surface area (Å²) in [5, 5.41) is 3.98. The minimum atomic E-state index is -0.0408. The smallest absolute Gasteiger partial charge is 0.267 e. The van der Waals surface area contributed by atoms with Crippen LogP contribution in [-0.4, -0.2) is 47.5 Å². The molecule has 2 aromatic heterocycles. The quantitative estimate of drug-likeness (QED) is 0.904. The highest BCUT2D eigenvalue weighted by molar-refractivity contribution is 5.97. The molecule has 1 aliphatic heterocycles. The molecule has 5 heteroatoms. The number of aromatic amines is 1. The third-order valence-corrected chi connectivity index (χ3v) is 4.31. The van der Waals surface area contributed by atoms with E-state index in [1.165, 1.54) is 25.9 Å². The monoisotopic (exact) mass is 286 g/mol. The Bertz CT molecular complexity index is 581. The lowest BCUT2D eigenvalue weighted by atomic mass is 9.94. The van der Waals surface area contributed by atoms with Crippen LogP contribution in [0, 0.1) is 5.92 Å². The summed E-state index contributed by atoms with van der Waals surface area (Å²) in [5.74, 6) is 0.701. The van der Waals surface area contributed by atoms with Gasteiger partial charge in [-0.15, -0.1) is 0 Å². The average molecular weight is 286 g/mol. The highest BCUT2D eigenvalue weighted by Crippen LogP contribution is 2.19. The van der Waals surface area contributed by atoms with Gasteiger partial charge in [0.2, 0.25) is 0 Å². The molecule has 1 amide bonds. The van der Waals surface area contributed by atoms with Gasteiger partial charge in [0, 0.05) is 18.1 Å². The van der Waals surface area contributed by atoms with Crippen molar-refractivity contribution >= 4 is 16.9 Å². The topological polar surface area (TPSA) is 61.0 Å². The zero-order chi connectivity index (χ0) is 14.7. The molecule has 1 saturated heterocycles. The van der Waals surface area contributed by atoms with Gasteiger partial charge in [-0.25, -0.2) is 4.98 Å².